The van der Waals surface area contributed by atoms with E-state index in [0.29, 0.717) is 17.9 Å². The molecule has 1 amide bonds. The number of nitrogens with one attached hydrogen (secondary N) is 2. The van der Waals surface area contributed by atoms with E-state index >= 15 is 0 Å². The first-order chi connectivity index (χ1) is 12.1. The average molecular weight is 352 g/mol. The van der Waals surface area contributed by atoms with E-state index < -0.39 is 0 Å². The van der Waals surface area contributed by atoms with Crippen molar-refractivity contribution in [1.82, 2.24) is 4.98 Å². The Balaban J connectivity index is 1.60. The van der Waals surface area contributed by atoms with Gasteiger partial charge in [-0.2, -0.15) is 0 Å². The molecule has 0 radical (unpaired) electrons. The van der Waals surface area contributed by atoms with Crippen molar-refractivity contribution in [3.63, 3.8) is 0 Å². The Morgan fingerprint density at radius 3 is 2.64 bits per heavy atom. The number of aromatic nitrogens is 1. The predicted molar refractivity (Wildman–Crippen MR) is 102 cm³/mol. The van der Waals surface area contributed by atoms with Gasteiger partial charge in [-0.15, -0.1) is 0 Å². The number of amides is 1. The summed E-state index contributed by atoms with van der Waals surface area (Å²) < 4.78 is 0. The minimum atomic E-state index is -0.173. The molecule has 0 aliphatic heterocycles. The zero-order valence-corrected chi connectivity index (χ0v) is 14.5. The number of pyridine rings is 1. The molecule has 2 aromatic carbocycles. The summed E-state index contributed by atoms with van der Waals surface area (Å²) in [5.74, 6) is 0.336. The van der Waals surface area contributed by atoms with Crippen molar-refractivity contribution in [1.29, 1.82) is 0 Å². The van der Waals surface area contributed by atoms with Crippen LogP contribution in [0.2, 0.25) is 5.02 Å². The van der Waals surface area contributed by atoms with Crippen molar-refractivity contribution >= 4 is 29.0 Å². The number of rotatable bonds is 5. The van der Waals surface area contributed by atoms with E-state index in [-0.39, 0.29) is 5.91 Å². The van der Waals surface area contributed by atoms with Crippen molar-refractivity contribution < 1.29 is 4.79 Å². The minimum absolute atomic E-state index is 0.173. The molecule has 3 aromatic rings. The molecule has 0 unspecified atom stereocenters. The fourth-order valence-corrected chi connectivity index (χ4v) is 2.59. The number of anilines is 2. The van der Waals surface area contributed by atoms with Crippen LogP contribution in [0, 0.1) is 6.92 Å². The van der Waals surface area contributed by atoms with Crippen LogP contribution in [0.5, 0.6) is 0 Å². The van der Waals surface area contributed by atoms with Crippen molar-refractivity contribution in [2.45, 2.75) is 13.5 Å². The Morgan fingerprint density at radius 2 is 1.92 bits per heavy atom. The summed E-state index contributed by atoms with van der Waals surface area (Å²) in [6, 6.07) is 18.8. The van der Waals surface area contributed by atoms with E-state index in [9.17, 15) is 4.79 Å². The molecule has 0 aliphatic rings. The van der Waals surface area contributed by atoms with Gasteiger partial charge in [-0.05, 0) is 42.8 Å². The van der Waals surface area contributed by atoms with E-state index in [1.165, 1.54) is 0 Å². The Labute approximate surface area is 151 Å². The van der Waals surface area contributed by atoms with Crippen LogP contribution in [0.15, 0.2) is 66.9 Å². The lowest BCUT2D eigenvalue weighted by Crippen LogP contribution is -2.13. The molecular weight excluding hydrogens is 334 g/mol. The normalized spacial score (nSPS) is 10.3. The third kappa shape index (κ3) is 4.58. The summed E-state index contributed by atoms with van der Waals surface area (Å²) in [6.07, 6.45) is 1.68. The van der Waals surface area contributed by atoms with Gasteiger partial charge < -0.3 is 10.6 Å². The SMILES string of the molecule is Cc1cccc(C(=O)Nc2ccc(NCc3ccccc3Cl)cn2)c1. The first-order valence-electron chi connectivity index (χ1n) is 7.93. The molecule has 0 saturated carbocycles. The Morgan fingerprint density at radius 1 is 1.08 bits per heavy atom. The highest BCUT2D eigenvalue weighted by Gasteiger charge is 2.07. The van der Waals surface area contributed by atoms with Crippen LogP contribution >= 0.6 is 11.6 Å². The number of nitrogens with zero attached hydrogens (tertiary/aromatic N) is 1. The highest BCUT2D eigenvalue weighted by atomic mass is 35.5. The molecule has 0 spiro atoms. The average Bonchev–Trinajstić information content (AvgIpc) is 2.62. The van der Waals surface area contributed by atoms with Crippen LogP contribution in [-0.2, 0) is 6.54 Å². The Hall–Kier alpha value is -2.85. The van der Waals surface area contributed by atoms with Crippen molar-refractivity contribution in [3.05, 3.63) is 88.6 Å². The van der Waals surface area contributed by atoms with Gasteiger partial charge in [0.05, 0.1) is 11.9 Å². The van der Waals surface area contributed by atoms with Gasteiger partial charge in [0.15, 0.2) is 0 Å². The van der Waals surface area contributed by atoms with E-state index in [2.05, 4.69) is 15.6 Å². The van der Waals surface area contributed by atoms with Crippen LogP contribution in [0.1, 0.15) is 21.5 Å². The molecule has 0 saturated heterocycles. The number of carbonyl (C=O) groups excluding carboxylic acids is 1. The summed E-state index contributed by atoms with van der Waals surface area (Å²) in [6.45, 7) is 2.56. The molecule has 25 heavy (non-hydrogen) atoms. The van der Waals surface area contributed by atoms with Gasteiger partial charge >= 0.3 is 0 Å². The summed E-state index contributed by atoms with van der Waals surface area (Å²) in [7, 11) is 0. The van der Waals surface area contributed by atoms with Gasteiger partial charge in [-0.3, -0.25) is 4.79 Å². The van der Waals surface area contributed by atoms with Gasteiger partial charge in [-0.25, -0.2) is 4.98 Å². The molecule has 2 N–H and O–H groups in total. The first kappa shape index (κ1) is 17.0. The molecule has 0 bridgehead atoms. The Kier molecular flexibility index (Phi) is 5.31. The molecule has 1 aromatic heterocycles. The summed E-state index contributed by atoms with van der Waals surface area (Å²) in [5.41, 5.74) is 3.52. The van der Waals surface area contributed by atoms with Gasteiger partial charge in [-0.1, -0.05) is 47.5 Å². The molecule has 3 rings (SSSR count). The topological polar surface area (TPSA) is 54.0 Å². The van der Waals surface area contributed by atoms with Crippen LogP contribution in [-0.4, -0.2) is 10.9 Å². The molecule has 1 heterocycles. The largest absolute Gasteiger partial charge is 0.380 e. The van der Waals surface area contributed by atoms with Crippen molar-refractivity contribution in [3.8, 4) is 0 Å². The lowest BCUT2D eigenvalue weighted by atomic mass is 10.1. The Bertz CT molecular complexity index is 878. The fraction of sp³-hybridized carbons (Fsp3) is 0.100. The van der Waals surface area contributed by atoms with E-state index in [4.69, 9.17) is 11.6 Å². The van der Waals surface area contributed by atoms with Crippen molar-refractivity contribution in [2.24, 2.45) is 0 Å². The highest BCUT2D eigenvalue weighted by Crippen LogP contribution is 2.17. The quantitative estimate of drug-likeness (QED) is 0.686. The zero-order valence-electron chi connectivity index (χ0n) is 13.8. The molecule has 126 valence electrons. The van der Waals surface area contributed by atoms with Crippen LogP contribution in [0.3, 0.4) is 0 Å². The first-order valence-corrected chi connectivity index (χ1v) is 8.31. The van der Waals surface area contributed by atoms with E-state index in [1.807, 2.05) is 55.5 Å². The highest BCUT2D eigenvalue weighted by molar-refractivity contribution is 6.31. The number of carbonyl (C=O) groups is 1. The molecule has 0 aliphatic carbocycles. The van der Waals surface area contributed by atoms with Crippen LogP contribution in [0.25, 0.3) is 0 Å². The van der Waals surface area contributed by atoms with Gasteiger partial charge in [0.2, 0.25) is 0 Å². The van der Waals surface area contributed by atoms with E-state index in [1.54, 1.807) is 18.3 Å². The lowest BCUT2D eigenvalue weighted by molar-refractivity contribution is 0.102. The monoisotopic (exact) mass is 351 g/mol. The third-order valence-electron chi connectivity index (χ3n) is 3.73. The zero-order chi connectivity index (χ0) is 17.6. The van der Waals surface area contributed by atoms with Crippen LogP contribution in [0.4, 0.5) is 11.5 Å². The maximum Gasteiger partial charge on any atom is 0.256 e. The number of hydrogen-bond acceptors (Lipinski definition) is 3. The second kappa shape index (κ2) is 7.81. The second-order valence-electron chi connectivity index (χ2n) is 5.70. The molecule has 4 nitrogen and oxygen atoms in total. The number of hydrogen-bond donors (Lipinski definition) is 2. The standard InChI is InChI=1S/C20H18ClN3O/c1-14-5-4-7-15(11-14)20(25)24-19-10-9-17(13-23-19)22-12-16-6-2-3-8-18(16)21/h2-11,13,22H,12H2,1H3,(H,23,24,25). The summed E-state index contributed by atoms with van der Waals surface area (Å²) in [5, 5.41) is 6.79. The lowest BCUT2D eigenvalue weighted by Gasteiger charge is -2.09. The molecule has 5 heteroatoms. The molecule has 0 fully saturated rings. The molecular formula is C20H18ClN3O. The number of benzene rings is 2. The predicted octanol–water partition coefficient (Wildman–Crippen LogP) is 4.91. The van der Waals surface area contributed by atoms with Gasteiger partial charge in [0.25, 0.3) is 5.91 Å². The van der Waals surface area contributed by atoms with Gasteiger partial charge in [0, 0.05) is 17.1 Å². The fourth-order valence-electron chi connectivity index (χ4n) is 2.39. The second-order valence-corrected chi connectivity index (χ2v) is 6.11. The van der Waals surface area contributed by atoms with Crippen molar-refractivity contribution in [2.75, 3.05) is 10.6 Å². The van der Waals surface area contributed by atoms with Crippen LogP contribution < -0.4 is 10.6 Å². The number of aryl methyl sites for hydroxylation is 1. The maximum absolute atomic E-state index is 12.2. The summed E-state index contributed by atoms with van der Waals surface area (Å²) >= 11 is 6.14. The third-order valence-corrected chi connectivity index (χ3v) is 4.09. The maximum atomic E-state index is 12.2. The smallest absolute Gasteiger partial charge is 0.256 e. The minimum Gasteiger partial charge on any atom is -0.380 e. The number of halogens is 1. The summed E-state index contributed by atoms with van der Waals surface area (Å²) in [4.78, 5) is 16.5. The van der Waals surface area contributed by atoms with Gasteiger partial charge in [0.1, 0.15) is 5.82 Å². The molecule has 0 atom stereocenters. The van der Waals surface area contributed by atoms with E-state index in [0.717, 1.165) is 21.8 Å².